The molecule has 3 N–H and O–H groups in total. The quantitative estimate of drug-likeness (QED) is 0.652. The Balaban J connectivity index is 1.56. The van der Waals surface area contributed by atoms with Gasteiger partial charge in [0.05, 0.1) is 12.5 Å². The topological polar surface area (TPSA) is 65.1 Å². The highest BCUT2D eigenvalue weighted by Gasteiger charge is 2.15. The van der Waals surface area contributed by atoms with E-state index in [1.54, 1.807) is 0 Å². The van der Waals surface area contributed by atoms with Crippen LogP contribution in [0, 0.1) is 0 Å². The van der Waals surface area contributed by atoms with Gasteiger partial charge in [-0.05, 0) is 30.5 Å². The zero-order valence-electron chi connectivity index (χ0n) is 13.7. The van der Waals surface area contributed by atoms with Crippen molar-refractivity contribution in [3.05, 3.63) is 71.9 Å². The molecule has 0 aliphatic heterocycles. The molecular formula is C20H22N2O2. The van der Waals surface area contributed by atoms with Crippen LogP contribution in [0.5, 0.6) is 0 Å². The van der Waals surface area contributed by atoms with E-state index in [-0.39, 0.29) is 11.9 Å². The van der Waals surface area contributed by atoms with Crippen molar-refractivity contribution in [1.82, 2.24) is 10.3 Å². The number of aliphatic hydroxyl groups excluding tert-OH is 1. The second kappa shape index (κ2) is 7.32. The molecule has 1 amide bonds. The van der Waals surface area contributed by atoms with Crippen molar-refractivity contribution in [3.63, 3.8) is 0 Å². The van der Waals surface area contributed by atoms with Gasteiger partial charge in [0.1, 0.15) is 0 Å². The minimum atomic E-state index is -0.574. The van der Waals surface area contributed by atoms with Crippen LogP contribution in [0.4, 0.5) is 0 Å². The van der Waals surface area contributed by atoms with Gasteiger partial charge >= 0.3 is 0 Å². The Morgan fingerprint density at radius 2 is 1.83 bits per heavy atom. The lowest BCUT2D eigenvalue weighted by Crippen LogP contribution is -2.34. The molecular weight excluding hydrogens is 300 g/mol. The molecule has 3 rings (SSSR count). The van der Waals surface area contributed by atoms with Gasteiger partial charge in [0.15, 0.2) is 0 Å². The van der Waals surface area contributed by atoms with Gasteiger partial charge < -0.3 is 15.4 Å². The predicted molar refractivity (Wildman–Crippen MR) is 95.6 cm³/mol. The van der Waals surface area contributed by atoms with Gasteiger partial charge in [-0.1, -0.05) is 48.5 Å². The number of hydrogen-bond donors (Lipinski definition) is 3. The molecule has 0 saturated carbocycles. The van der Waals surface area contributed by atoms with Crippen LogP contribution >= 0.6 is 0 Å². The molecule has 1 heterocycles. The number of para-hydroxylation sites is 1. The average Bonchev–Trinajstić information content (AvgIpc) is 2.98. The summed E-state index contributed by atoms with van der Waals surface area (Å²) in [6.07, 6.45) is 2.13. The number of rotatable bonds is 6. The maximum Gasteiger partial charge on any atom is 0.224 e. The first kappa shape index (κ1) is 16.3. The summed E-state index contributed by atoms with van der Waals surface area (Å²) >= 11 is 0. The first-order chi connectivity index (χ1) is 11.6. The number of fused-ring (bicyclic) bond motifs is 1. The third-order valence-corrected chi connectivity index (χ3v) is 4.19. The third kappa shape index (κ3) is 3.84. The number of H-pyrrole nitrogens is 1. The minimum absolute atomic E-state index is 0.0347. The molecule has 4 heteroatoms. The Bertz CT molecular complexity index is 811. The van der Waals surface area contributed by atoms with Crippen LogP contribution in [-0.2, 0) is 11.2 Å². The fourth-order valence-corrected chi connectivity index (χ4v) is 2.98. The van der Waals surface area contributed by atoms with Crippen LogP contribution in [-0.4, -0.2) is 22.0 Å². The minimum Gasteiger partial charge on any atom is -0.388 e. The molecule has 0 saturated heterocycles. The molecule has 0 bridgehead atoms. The first-order valence-electron chi connectivity index (χ1n) is 8.21. The van der Waals surface area contributed by atoms with Crippen LogP contribution in [0.1, 0.15) is 30.6 Å². The number of nitrogens with one attached hydrogen (secondary N) is 2. The van der Waals surface area contributed by atoms with E-state index < -0.39 is 6.10 Å². The molecule has 2 atom stereocenters. The molecule has 0 aliphatic carbocycles. The first-order valence-corrected chi connectivity index (χ1v) is 8.21. The molecule has 24 heavy (non-hydrogen) atoms. The van der Waals surface area contributed by atoms with E-state index >= 15 is 0 Å². The summed E-state index contributed by atoms with van der Waals surface area (Å²) in [7, 11) is 0. The predicted octanol–water partition coefficient (Wildman–Crippen LogP) is 3.34. The number of aromatic nitrogens is 1. The van der Waals surface area contributed by atoms with E-state index in [1.165, 1.54) is 0 Å². The SMILES string of the molecule is CC(CC(O)c1ccccc1)NC(=O)Cc1c[nH]c2ccccc12. The normalized spacial score (nSPS) is 13.6. The van der Waals surface area contributed by atoms with Gasteiger partial charge in [-0.15, -0.1) is 0 Å². The Labute approximate surface area is 141 Å². The Morgan fingerprint density at radius 1 is 1.12 bits per heavy atom. The monoisotopic (exact) mass is 322 g/mol. The molecule has 4 nitrogen and oxygen atoms in total. The molecule has 1 aromatic heterocycles. The highest BCUT2D eigenvalue weighted by Crippen LogP contribution is 2.19. The van der Waals surface area contributed by atoms with Crippen LogP contribution in [0.15, 0.2) is 60.8 Å². The van der Waals surface area contributed by atoms with E-state index in [0.717, 1.165) is 22.0 Å². The Kier molecular flexibility index (Phi) is 4.96. The lowest BCUT2D eigenvalue weighted by Gasteiger charge is -2.18. The second-order valence-electron chi connectivity index (χ2n) is 6.17. The van der Waals surface area contributed by atoms with E-state index in [1.807, 2.05) is 67.7 Å². The largest absolute Gasteiger partial charge is 0.388 e. The number of aromatic amines is 1. The van der Waals surface area contributed by atoms with Crippen LogP contribution in [0.25, 0.3) is 10.9 Å². The summed E-state index contributed by atoms with van der Waals surface area (Å²) in [5, 5.41) is 14.3. The molecule has 124 valence electrons. The number of carbonyl (C=O) groups excluding carboxylic acids is 1. The molecule has 0 spiro atoms. The molecule has 0 fully saturated rings. The number of benzene rings is 2. The summed E-state index contributed by atoms with van der Waals surface area (Å²) in [6, 6.07) is 17.4. The highest BCUT2D eigenvalue weighted by atomic mass is 16.3. The highest BCUT2D eigenvalue weighted by molar-refractivity contribution is 5.88. The maximum absolute atomic E-state index is 12.3. The van der Waals surface area contributed by atoms with E-state index in [9.17, 15) is 9.90 Å². The Morgan fingerprint density at radius 3 is 2.62 bits per heavy atom. The van der Waals surface area contributed by atoms with E-state index in [4.69, 9.17) is 0 Å². The van der Waals surface area contributed by atoms with Crippen molar-refractivity contribution in [2.24, 2.45) is 0 Å². The van der Waals surface area contributed by atoms with Crippen molar-refractivity contribution in [2.75, 3.05) is 0 Å². The average molecular weight is 322 g/mol. The zero-order chi connectivity index (χ0) is 16.9. The van der Waals surface area contributed by atoms with Gasteiger partial charge in [0.2, 0.25) is 5.91 Å². The molecule has 2 aromatic carbocycles. The van der Waals surface area contributed by atoms with Gasteiger partial charge in [0.25, 0.3) is 0 Å². The van der Waals surface area contributed by atoms with Gasteiger partial charge in [0, 0.05) is 23.1 Å². The molecule has 0 radical (unpaired) electrons. The molecule has 0 aliphatic rings. The number of aliphatic hydroxyl groups is 1. The van der Waals surface area contributed by atoms with Gasteiger partial charge in [-0.2, -0.15) is 0 Å². The fraction of sp³-hybridized carbons (Fsp3) is 0.250. The zero-order valence-corrected chi connectivity index (χ0v) is 13.7. The summed E-state index contributed by atoms with van der Waals surface area (Å²) in [6.45, 7) is 1.92. The second-order valence-corrected chi connectivity index (χ2v) is 6.17. The van der Waals surface area contributed by atoms with Crippen molar-refractivity contribution in [2.45, 2.75) is 31.9 Å². The Hall–Kier alpha value is -2.59. The fourth-order valence-electron chi connectivity index (χ4n) is 2.98. The number of amides is 1. The molecule has 2 unspecified atom stereocenters. The maximum atomic E-state index is 12.3. The number of hydrogen-bond acceptors (Lipinski definition) is 2. The standard InChI is InChI=1S/C20H22N2O2/c1-14(11-19(23)15-7-3-2-4-8-15)22-20(24)12-16-13-21-18-10-6-5-9-17(16)18/h2-10,13-14,19,21,23H,11-12H2,1H3,(H,22,24). The number of carbonyl (C=O) groups is 1. The van der Waals surface area contributed by atoms with E-state index in [2.05, 4.69) is 10.3 Å². The van der Waals surface area contributed by atoms with E-state index in [0.29, 0.717) is 12.8 Å². The van der Waals surface area contributed by atoms with Crippen LogP contribution in [0.2, 0.25) is 0 Å². The van der Waals surface area contributed by atoms with Crippen molar-refractivity contribution in [3.8, 4) is 0 Å². The van der Waals surface area contributed by atoms with Crippen molar-refractivity contribution >= 4 is 16.8 Å². The smallest absolute Gasteiger partial charge is 0.224 e. The third-order valence-electron chi connectivity index (χ3n) is 4.19. The summed E-state index contributed by atoms with van der Waals surface area (Å²) in [5.41, 5.74) is 2.89. The summed E-state index contributed by atoms with van der Waals surface area (Å²) in [4.78, 5) is 15.5. The van der Waals surface area contributed by atoms with Crippen LogP contribution < -0.4 is 5.32 Å². The lowest BCUT2D eigenvalue weighted by molar-refractivity contribution is -0.121. The molecule has 3 aromatic rings. The lowest BCUT2D eigenvalue weighted by atomic mass is 10.0. The summed E-state index contributed by atoms with van der Waals surface area (Å²) in [5.74, 6) is -0.0347. The summed E-state index contributed by atoms with van der Waals surface area (Å²) < 4.78 is 0. The van der Waals surface area contributed by atoms with Gasteiger partial charge in [-0.3, -0.25) is 4.79 Å². The van der Waals surface area contributed by atoms with Crippen molar-refractivity contribution in [1.29, 1.82) is 0 Å². The van der Waals surface area contributed by atoms with Crippen LogP contribution in [0.3, 0.4) is 0 Å². The van der Waals surface area contributed by atoms with Gasteiger partial charge in [-0.25, -0.2) is 0 Å². The van der Waals surface area contributed by atoms with Crippen molar-refractivity contribution < 1.29 is 9.90 Å².